The maximum atomic E-state index is 13.6. The minimum atomic E-state index is -1.87. The van der Waals surface area contributed by atoms with Gasteiger partial charge in [0.05, 0.1) is 6.42 Å². The lowest BCUT2D eigenvalue weighted by Gasteiger charge is -2.22. The summed E-state index contributed by atoms with van der Waals surface area (Å²) in [5.41, 5.74) is -1.87. The predicted molar refractivity (Wildman–Crippen MR) is 39.2 cm³/mol. The fourth-order valence-electron chi connectivity index (χ4n) is 1.44. The second kappa shape index (κ2) is 2.38. The van der Waals surface area contributed by atoms with Crippen LogP contribution in [0.3, 0.4) is 0 Å². The fourth-order valence-corrected chi connectivity index (χ4v) is 1.44. The highest BCUT2D eigenvalue weighted by Crippen LogP contribution is 2.48. The summed E-state index contributed by atoms with van der Waals surface area (Å²) >= 11 is 0. The van der Waals surface area contributed by atoms with E-state index in [0.29, 0.717) is 18.9 Å². The minimum absolute atomic E-state index is 0.220. The SMILES string of the molecule is FC1=CC(F)=CC(F)(C2CC2)[CH]1. The van der Waals surface area contributed by atoms with Gasteiger partial charge in [0.25, 0.3) is 0 Å². The average molecular weight is 173 g/mol. The Kier molecular flexibility index (Phi) is 1.56. The van der Waals surface area contributed by atoms with E-state index in [1.807, 2.05) is 0 Å². The second-order valence-electron chi connectivity index (χ2n) is 3.30. The molecule has 0 nitrogen and oxygen atoms in total. The van der Waals surface area contributed by atoms with E-state index in [2.05, 4.69) is 0 Å². The zero-order chi connectivity index (χ0) is 8.77. The third-order valence-corrected chi connectivity index (χ3v) is 2.20. The molecule has 0 amide bonds. The van der Waals surface area contributed by atoms with Crippen LogP contribution in [0.1, 0.15) is 12.8 Å². The van der Waals surface area contributed by atoms with Gasteiger partial charge in [-0.3, -0.25) is 0 Å². The molecule has 0 saturated heterocycles. The van der Waals surface area contributed by atoms with Crippen LogP contribution in [0.5, 0.6) is 0 Å². The Balaban J connectivity index is 2.24. The molecule has 0 aromatic heterocycles. The van der Waals surface area contributed by atoms with Gasteiger partial charge in [-0.2, -0.15) is 0 Å². The van der Waals surface area contributed by atoms with Crippen LogP contribution in [0.25, 0.3) is 0 Å². The number of allylic oxidation sites excluding steroid dienone is 4. The number of alkyl halides is 1. The zero-order valence-electron chi connectivity index (χ0n) is 6.36. The Bertz CT molecular complexity index is 263. The monoisotopic (exact) mass is 173 g/mol. The lowest BCUT2D eigenvalue weighted by Crippen LogP contribution is -2.26. The van der Waals surface area contributed by atoms with E-state index >= 15 is 0 Å². The van der Waals surface area contributed by atoms with Crippen LogP contribution in [0.15, 0.2) is 23.8 Å². The highest BCUT2D eigenvalue weighted by molar-refractivity contribution is 5.36. The van der Waals surface area contributed by atoms with Gasteiger partial charge < -0.3 is 0 Å². The quantitative estimate of drug-likeness (QED) is 0.571. The number of hydrogen-bond acceptors (Lipinski definition) is 0. The highest BCUT2D eigenvalue weighted by atomic mass is 19.2. The minimum Gasteiger partial charge on any atom is -0.238 e. The van der Waals surface area contributed by atoms with Crippen molar-refractivity contribution >= 4 is 0 Å². The van der Waals surface area contributed by atoms with E-state index in [0.717, 1.165) is 12.5 Å². The molecule has 1 saturated carbocycles. The summed E-state index contributed by atoms with van der Waals surface area (Å²) in [7, 11) is 0. The van der Waals surface area contributed by atoms with Crippen molar-refractivity contribution in [3.8, 4) is 0 Å². The second-order valence-corrected chi connectivity index (χ2v) is 3.30. The molecular formula is C9H8F3. The Morgan fingerprint density at radius 2 is 1.92 bits per heavy atom. The van der Waals surface area contributed by atoms with E-state index in [-0.39, 0.29) is 5.92 Å². The van der Waals surface area contributed by atoms with Crippen LogP contribution in [-0.2, 0) is 0 Å². The van der Waals surface area contributed by atoms with Gasteiger partial charge in [-0.15, -0.1) is 0 Å². The molecule has 0 N–H and O–H groups in total. The summed E-state index contributed by atoms with van der Waals surface area (Å²) in [5.74, 6) is -1.85. The zero-order valence-corrected chi connectivity index (χ0v) is 6.36. The first-order valence-electron chi connectivity index (χ1n) is 3.90. The summed E-state index contributed by atoms with van der Waals surface area (Å²) in [4.78, 5) is 0. The van der Waals surface area contributed by atoms with Crippen molar-refractivity contribution in [2.45, 2.75) is 18.5 Å². The van der Waals surface area contributed by atoms with Crippen LogP contribution in [0.4, 0.5) is 13.2 Å². The summed E-state index contributed by atoms with van der Waals surface area (Å²) < 4.78 is 38.8. The van der Waals surface area contributed by atoms with E-state index in [1.54, 1.807) is 0 Å². The van der Waals surface area contributed by atoms with Gasteiger partial charge in [-0.25, -0.2) is 13.2 Å². The lowest BCUT2D eigenvalue weighted by molar-refractivity contribution is 0.228. The normalized spacial score (nSPS) is 35.9. The third-order valence-electron chi connectivity index (χ3n) is 2.20. The van der Waals surface area contributed by atoms with E-state index < -0.39 is 17.3 Å². The van der Waals surface area contributed by atoms with E-state index in [9.17, 15) is 13.2 Å². The van der Waals surface area contributed by atoms with Gasteiger partial charge in [-0.05, 0) is 24.8 Å². The first-order chi connectivity index (χ1) is 5.60. The standard InChI is InChI=1S/C9H8F3/c10-7-3-8(11)5-9(12,4-7)6-1-2-6/h3-6H,1-2H2. The highest BCUT2D eigenvalue weighted by Gasteiger charge is 2.46. The first kappa shape index (κ1) is 7.90. The largest absolute Gasteiger partial charge is 0.238 e. The Morgan fingerprint density at radius 3 is 2.42 bits per heavy atom. The first-order valence-corrected chi connectivity index (χ1v) is 3.90. The van der Waals surface area contributed by atoms with Crippen LogP contribution in [0, 0.1) is 12.3 Å². The summed E-state index contributed by atoms with van der Waals surface area (Å²) in [6.07, 6.45) is 3.83. The summed E-state index contributed by atoms with van der Waals surface area (Å²) in [5, 5.41) is 0. The van der Waals surface area contributed by atoms with Gasteiger partial charge >= 0.3 is 0 Å². The topological polar surface area (TPSA) is 0 Å². The molecule has 1 radical (unpaired) electrons. The van der Waals surface area contributed by atoms with Crippen molar-refractivity contribution in [3.63, 3.8) is 0 Å². The molecule has 2 rings (SSSR count). The molecular weight excluding hydrogens is 165 g/mol. The molecule has 1 fully saturated rings. The molecule has 2 aliphatic carbocycles. The van der Waals surface area contributed by atoms with Gasteiger partial charge in [-0.1, -0.05) is 0 Å². The molecule has 0 spiro atoms. The third kappa shape index (κ3) is 1.28. The smallest absolute Gasteiger partial charge is 0.144 e. The van der Waals surface area contributed by atoms with Crippen molar-refractivity contribution in [3.05, 3.63) is 30.2 Å². The van der Waals surface area contributed by atoms with E-state index in [4.69, 9.17) is 0 Å². The van der Waals surface area contributed by atoms with Crippen LogP contribution < -0.4 is 0 Å². The van der Waals surface area contributed by atoms with E-state index in [1.165, 1.54) is 0 Å². The Hall–Kier alpha value is -0.730. The summed E-state index contributed by atoms with van der Waals surface area (Å²) in [6.45, 7) is 0. The number of rotatable bonds is 1. The molecule has 0 aromatic rings. The van der Waals surface area contributed by atoms with Crippen LogP contribution >= 0.6 is 0 Å². The number of hydrogen-bond donors (Lipinski definition) is 0. The lowest BCUT2D eigenvalue weighted by atomic mass is 9.91. The molecule has 12 heavy (non-hydrogen) atoms. The molecule has 65 valence electrons. The molecule has 2 aliphatic rings. The molecule has 3 heteroatoms. The molecule has 0 aromatic carbocycles. The van der Waals surface area contributed by atoms with Crippen molar-refractivity contribution in [2.75, 3.05) is 0 Å². The molecule has 0 bridgehead atoms. The van der Waals surface area contributed by atoms with Gasteiger partial charge in [0.15, 0.2) is 0 Å². The predicted octanol–water partition coefficient (Wildman–Crippen LogP) is 3.03. The van der Waals surface area contributed by atoms with Crippen molar-refractivity contribution in [1.82, 2.24) is 0 Å². The maximum Gasteiger partial charge on any atom is 0.144 e. The summed E-state index contributed by atoms with van der Waals surface area (Å²) in [6, 6.07) is 0. The van der Waals surface area contributed by atoms with Crippen molar-refractivity contribution < 1.29 is 13.2 Å². The maximum absolute atomic E-state index is 13.6. The molecule has 0 aliphatic heterocycles. The number of halogens is 3. The molecule has 0 heterocycles. The van der Waals surface area contributed by atoms with Crippen molar-refractivity contribution in [2.24, 2.45) is 5.92 Å². The van der Waals surface area contributed by atoms with Gasteiger partial charge in [0, 0.05) is 6.08 Å². The molecule has 1 atom stereocenters. The molecule has 1 unspecified atom stereocenters. The Labute approximate surface area is 68.8 Å². The van der Waals surface area contributed by atoms with Gasteiger partial charge in [0.1, 0.15) is 17.3 Å². The van der Waals surface area contributed by atoms with Gasteiger partial charge in [0.2, 0.25) is 0 Å². The average Bonchev–Trinajstić information content (AvgIpc) is 2.61. The van der Waals surface area contributed by atoms with Crippen molar-refractivity contribution in [1.29, 1.82) is 0 Å². The van der Waals surface area contributed by atoms with Crippen LogP contribution in [0.2, 0.25) is 0 Å². The van der Waals surface area contributed by atoms with Crippen LogP contribution in [-0.4, -0.2) is 5.67 Å². The Morgan fingerprint density at radius 1 is 1.25 bits per heavy atom. The fraction of sp³-hybridized carbons (Fsp3) is 0.444.